The van der Waals surface area contributed by atoms with Crippen LogP contribution in [0.3, 0.4) is 0 Å². The van der Waals surface area contributed by atoms with E-state index in [0.29, 0.717) is 37.0 Å². The summed E-state index contributed by atoms with van der Waals surface area (Å²) in [5, 5.41) is 12.6. The lowest BCUT2D eigenvalue weighted by Crippen LogP contribution is -2.54. The number of rotatable bonds is 11. The molecule has 2 amide bonds. The van der Waals surface area contributed by atoms with Crippen LogP contribution in [0.2, 0.25) is 0 Å². The second-order valence-electron chi connectivity index (χ2n) is 9.55. The first-order valence-electron chi connectivity index (χ1n) is 12.2. The molecule has 2 aromatic carbocycles. The van der Waals surface area contributed by atoms with Crippen molar-refractivity contribution < 1.29 is 28.0 Å². The van der Waals surface area contributed by atoms with E-state index in [0.717, 1.165) is 0 Å². The van der Waals surface area contributed by atoms with E-state index in [4.69, 9.17) is 4.74 Å². The highest BCUT2D eigenvalue weighted by molar-refractivity contribution is 7.89. The zero-order valence-electron chi connectivity index (χ0n) is 21.9. The van der Waals surface area contributed by atoms with Crippen molar-refractivity contribution in [1.29, 1.82) is 0 Å². The molecule has 1 fully saturated rings. The van der Waals surface area contributed by atoms with Crippen LogP contribution in [0, 0.1) is 5.92 Å². The molecule has 38 heavy (non-hydrogen) atoms. The van der Waals surface area contributed by atoms with Gasteiger partial charge in [-0.2, -0.15) is 4.31 Å². The Morgan fingerprint density at radius 2 is 1.63 bits per heavy atom. The van der Waals surface area contributed by atoms with E-state index < -0.39 is 22.0 Å². The molecule has 2 aromatic rings. The van der Waals surface area contributed by atoms with E-state index in [9.17, 15) is 23.2 Å². The van der Waals surface area contributed by atoms with Crippen molar-refractivity contribution in [2.45, 2.75) is 49.2 Å². The molecule has 0 heterocycles. The molecular formula is C26H37ClN4O6S. The SMILES string of the molecule is COc1ccc(S(=O)(=O)N(Cc2ccccc2)[C@@H](C(=O)NO)C2CCC(NC(=O)CN(C)C)CC2)cc1.Cl. The highest BCUT2D eigenvalue weighted by Crippen LogP contribution is 2.34. The number of hydrogen-bond donors (Lipinski definition) is 3. The third-order valence-corrected chi connectivity index (χ3v) is 8.42. The van der Waals surface area contributed by atoms with E-state index in [1.165, 1.54) is 23.5 Å². The van der Waals surface area contributed by atoms with Gasteiger partial charge >= 0.3 is 0 Å². The molecule has 0 spiro atoms. The van der Waals surface area contributed by atoms with Crippen LogP contribution in [-0.4, -0.2) is 74.5 Å². The topological polar surface area (TPSA) is 128 Å². The van der Waals surface area contributed by atoms with Crippen LogP contribution < -0.4 is 15.5 Å². The van der Waals surface area contributed by atoms with E-state index in [-0.39, 0.29) is 48.3 Å². The summed E-state index contributed by atoms with van der Waals surface area (Å²) in [5.41, 5.74) is 2.40. The van der Waals surface area contributed by atoms with Gasteiger partial charge in [0.2, 0.25) is 15.9 Å². The van der Waals surface area contributed by atoms with E-state index in [1.54, 1.807) is 46.8 Å². The number of likely N-dealkylation sites (N-methyl/N-ethyl adjacent to an activating group) is 1. The molecule has 0 aromatic heterocycles. The maximum Gasteiger partial charge on any atom is 0.262 e. The molecule has 3 rings (SSSR count). The number of carbonyl (C=O) groups is 2. The summed E-state index contributed by atoms with van der Waals surface area (Å²) in [6.45, 7) is 0.229. The van der Waals surface area contributed by atoms with Crippen molar-refractivity contribution in [1.82, 2.24) is 20.0 Å². The summed E-state index contributed by atoms with van der Waals surface area (Å²) in [6.07, 6.45) is 2.21. The summed E-state index contributed by atoms with van der Waals surface area (Å²) in [6, 6.07) is 13.8. The van der Waals surface area contributed by atoms with Gasteiger partial charge in [-0.05, 0) is 75.5 Å². The fourth-order valence-electron chi connectivity index (χ4n) is 4.77. The molecule has 12 heteroatoms. The summed E-state index contributed by atoms with van der Waals surface area (Å²) >= 11 is 0. The van der Waals surface area contributed by atoms with Crippen LogP contribution in [0.25, 0.3) is 0 Å². The lowest BCUT2D eigenvalue weighted by Gasteiger charge is -2.38. The minimum atomic E-state index is -4.14. The van der Waals surface area contributed by atoms with Crippen LogP contribution in [0.4, 0.5) is 0 Å². The fraction of sp³-hybridized carbons (Fsp3) is 0.462. The Kier molecular flexibility index (Phi) is 12.0. The zero-order valence-corrected chi connectivity index (χ0v) is 23.5. The molecule has 0 unspecified atom stereocenters. The van der Waals surface area contributed by atoms with Crippen LogP contribution in [-0.2, 0) is 26.2 Å². The summed E-state index contributed by atoms with van der Waals surface area (Å²) < 4.78 is 34.2. The number of halogens is 1. The number of sulfonamides is 1. The Morgan fingerprint density at radius 1 is 1.03 bits per heavy atom. The first-order valence-corrected chi connectivity index (χ1v) is 13.7. The van der Waals surface area contributed by atoms with Crippen molar-refractivity contribution >= 4 is 34.2 Å². The highest BCUT2D eigenvalue weighted by Gasteiger charge is 2.42. The zero-order chi connectivity index (χ0) is 27.0. The first kappa shape index (κ1) is 31.5. The molecule has 0 aliphatic heterocycles. The number of hydroxylamine groups is 1. The molecule has 1 aliphatic rings. The predicted molar refractivity (Wildman–Crippen MR) is 146 cm³/mol. The molecule has 1 aliphatic carbocycles. The monoisotopic (exact) mass is 568 g/mol. The van der Waals surface area contributed by atoms with Crippen LogP contribution in [0.5, 0.6) is 5.75 Å². The molecular weight excluding hydrogens is 532 g/mol. The second-order valence-corrected chi connectivity index (χ2v) is 11.4. The van der Waals surface area contributed by atoms with Crippen molar-refractivity contribution in [2.75, 3.05) is 27.7 Å². The Hall–Kier alpha value is -2.70. The van der Waals surface area contributed by atoms with Gasteiger partial charge in [-0.25, -0.2) is 13.9 Å². The van der Waals surface area contributed by atoms with Gasteiger partial charge in [0.15, 0.2) is 0 Å². The lowest BCUT2D eigenvalue weighted by atomic mass is 9.81. The smallest absolute Gasteiger partial charge is 0.262 e. The molecule has 10 nitrogen and oxygen atoms in total. The summed E-state index contributed by atoms with van der Waals surface area (Å²) in [7, 11) is 0.986. The number of carbonyl (C=O) groups excluding carboxylic acids is 2. The molecule has 3 N–H and O–H groups in total. The van der Waals surface area contributed by atoms with Crippen LogP contribution in [0.1, 0.15) is 31.2 Å². The van der Waals surface area contributed by atoms with Gasteiger partial charge in [-0.3, -0.25) is 14.8 Å². The number of methoxy groups -OCH3 is 1. The fourth-order valence-corrected chi connectivity index (χ4v) is 6.40. The number of amides is 2. The van der Waals surface area contributed by atoms with E-state index >= 15 is 0 Å². The van der Waals surface area contributed by atoms with E-state index in [2.05, 4.69) is 5.32 Å². The van der Waals surface area contributed by atoms with Crippen LogP contribution >= 0.6 is 12.4 Å². The molecule has 210 valence electrons. The number of nitrogens with one attached hydrogen (secondary N) is 2. The van der Waals surface area contributed by atoms with E-state index in [1.807, 2.05) is 20.2 Å². The molecule has 0 bridgehead atoms. The number of nitrogens with zero attached hydrogens (tertiary/aromatic N) is 2. The lowest BCUT2D eigenvalue weighted by molar-refractivity contribution is -0.136. The summed E-state index contributed by atoms with van der Waals surface area (Å²) in [5.74, 6) is -0.710. The quantitative estimate of drug-likeness (QED) is 0.280. The van der Waals surface area contributed by atoms with Gasteiger partial charge in [0.05, 0.1) is 18.6 Å². The Labute approximate surface area is 230 Å². The van der Waals surface area contributed by atoms with Gasteiger partial charge in [0, 0.05) is 12.6 Å². The van der Waals surface area contributed by atoms with Crippen LogP contribution in [0.15, 0.2) is 59.5 Å². The van der Waals surface area contributed by atoms with Crippen molar-refractivity contribution in [3.8, 4) is 5.75 Å². The highest BCUT2D eigenvalue weighted by atomic mass is 35.5. The minimum absolute atomic E-state index is 0. The summed E-state index contributed by atoms with van der Waals surface area (Å²) in [4.78, 5) is 27.0. The van der Waals surface area contributed by atoms with Gasteiger partial charge in [0.1, 0.15) is 11.8 Å². The third kappa shape index (κ3) is 8.15. The van der Waals surface area contributed by atoms with Crippen molar-refractivity contribution in [3.63, 3.8) is 0 Å². The van der Waals surface area contributed by atoms with Crippen molar-refractivity contribution in [3.05, 3.63) is 60.2 Å². The third-order valence-electron chi connectivity index (χ3n) is 6.58. The minimum Gasteiger partial charge on any atom is -0.497 e. The number of ether oxygens (including phenoxy) is 1. The predicted octanol–water partition coefficient (Wildman–Crippen LogP) is 2.42. The van der Waals surface area contributed by atoms with Crippen molar-refractivity contribution in [2.24, 2.45) is 5.92 Å². The standard InChI is InChI=1S/C26H36N4O6S.ClH/c1-29(2)18-24(31)27-21-11-9-20(10-12-21)25(26(32)28-33)30(17-19-7-5-4-6-8-19)37(34,35)23-15-13-22(36-3)14-16-23;/h4-8,13-16,20-21,25,33H,9-12,17-18H2,1-3H3,(H,27,31)(H,28,32);1H/t20?,21?,25-;/m1./s1. The number of hydrogen-bond acceptors (Lipinski definition) is 7. The first-order chi connectivity index (χ1) is 17.6. The second kappa shape index (κ2) is 14.5. The number of benzene rings is 2. The maximum absolute atomic E-state index is 13.9. The average molecular weight is 569 g/mol. The molecule has 1 saturated carbocycles. The molecule has 0 radical (unpaired) electrons. The average Bonchev–Trinajstić information content (AvgIpc) is 2.89. The molecule has 1 atom stereocenters. The van der Waals surface area contributed by atoms with Gasteiger partial charge in [-0.15, -0.1) is 12.4 Å². The normalized spacial score (nSPS) is 18.4. The van der Waals surface area contributed by atoms with Gasteiger partial charge < -0.3 is 15.0 Å². The Balaban J connectivity index is 0.00000507. The largest absolute Gasteiger partial charge is 0.497 e. The van der Waals surface area contributed by atoms with Gasteiger partial charge in [-0.1, -0.05) is 30.3 Å². The van der Waals surface area contributed by atoms with Gasteiger partial charge in [0.25, 0.3) is 5.91 Å². The molecule has 0 saturated heterocycles. The Bertz CT molecular complexity index is 1140. The maximum atomic E-state index is 13.9. The Morgan fingerprint density at radius 3 is 2.16 bits per heavy atom.